The minimum atomic E-state index is -0.0546. The fourth-order valence-corrected chi connectivity index (χ4v) is 2.79. The molecule has 104 valence electrons. The molecule has 2 aromatic rings. The van der Waals surface area contributed by atoms with Gasteiger partial charge in [-0.05, 0) is 17.0 Å². The molecule has 0 fully saturated rings. The molecule has 1 aromatic carbocycles. The number of carbonyl (C=O) groups is 1. The molecular weight excluding hydrogens is 254 g/mol. The number of amides is 1. The maximum atomic E-state index is 12.0. The van der Waals surface area contributed by atoms with Crippen molar-refractivity contribution in [1.29, 1.82) is 0 Å². The molecule has 1 amide bonds. The van der Waals surface area contributed by atoms with Gasteiger partial charge in [0.25, 0.3) is 5.56 Å². The smallest absolute Gasteiger partial charge is 0.256 e. The van der Waals surface area contributed by atoms with Crippen molar-refractivity contribution in [3.05, 3.63) is 45.9 Å². The molecular formula is C15H17N3O2. The number of hydrogen-bond donors (Lipinski definition) is 2. The summed E-state index contributed by atoms with van der Waals surface area (Å²) in [7, 11) is 0. The maximum Gasteiger partial charge on any atom is 0.256 e. The first kappa shape index (κ1) is 12.9. The zero-order valence-corrected chi connectivity index (χ0v) is 11.2. The molecule has 0 radical (unpaired) electrons. The van der Waals surface area contributed by atoms with Gasteiger partial charge < -0.3 is 15.6 Å². The Bertz CT molecular complexity index is 721. The summed E-state index contributed by atoms with van der Waals surface area (Å²) in [5.41, 5.74) is 7.39. The lowest BCUT2D eigenvalue weighted by atomic mass is 9.98. The Labute approximate surface area is 116 Å². The van der Waals surface area contributed by atoms with Crippen LogP contribution in [0.1, 0.15) is 17.7 Å². The van der Waals surface area contributed by atoms with Crippen LogP contribution in [0.15, 0.2) is 29.1 Å². The number of pyridine rings is 1. The molecule has 3 N–H and O–H groups in total. The van der Waals surface area contributed by atoms with Gasteiger partial charge in [0.05, 0.1) is 0 Å². The van der Waals surface area contributed by atoms with Crippen molar-refractivity contribution in [3.63, 3.8) is 0 Å². The summed E-state index contributed by atoms with van der Waals surface area (Å²) in [5, 5.41) is 1.62. The summed E-state index contributed by atoms with van der Waals surface area (Å²) in [6.45, 7) is 1.56. The van der Waals surface area contributed by atoms with E-state index < -0.39 is 0 Å². The highest BCUT2D eigenvalue weighted by molar-refractivity contribution is 5.86. The summed E-state index contributed by atoms with van der Waals surface area (Å²) in [6.07, 6.45) is 1.06. The number of nitrogens with one attached hydrogen (secondary N) is 1. The number of nitrogens with two attached hydrogens (primary N) is 1. The summed E-state index contributed by atoms with van der Waals surface area (Å²) >= 11 is 0. The number of nitrogens with zero attached hydrogens (tertiary/aromatic N) is 1. The van der Waals surface area contributed by atoms with E-state index in [0.29, 0.717) is 37.9 Å². The number of fused-ring (bicyclic) bond motifs is 3. The van der Waals surface area contributed by atoms with Crippen molar-refractivity contribution in [2.24, 2.45) is 5.73 Å². The third-order valence-electron chi connectivity index (χ3n) is 3.82. The Balaban J connectivity index is 2.06. The lowest BCUT2D eigenvalue weighted by Crippen LogP contribution is -2.38. The van der Waals surface area contributed by atoms with Crippen LogP contribution in [0, 0.1) is 0 Å². The fraction of sp³-hybridized carbons (Fsp3) is 0.333. The summed E-state index contributed by atoms with van der Waals surface area (Å²) in [6, 6.07) is 7.53. The molecule has 1 aliphatic heterocycles. The molecule has 0 unspecified atom stereocenters. The normalized spacial score (nSPS) is 14.3. The van der Waals surface area contributed by atoms with Gasteiger partial charge in [0.2, 0.25) is 5.91 Å². The summed E-state index contributed by atoms with van der Waals surface area (Å²) < 4.78 is 0. The van der Waals surface area contributed by atoms with Crippen LogP contribution in [0.2, 0.25) is 0 Å². The molecule has 3 rings (SSSR count). The molecule has 0 atom stereocenters. The van der Waals surface area contributed by atoms with Gasteiger partial charge in [-0.1, -0.05) is 18.2 Å². The van der Waals surface area contributed by atoms with Gasteiger partial charge in [0.15, 0.2) is 0 Å². The van der Waals surface area contributed by atoms with E-state index in [0.717, 1.165) is 16.6 Å². The second kappa shape index (κ2) is 5.09. The van der Waals surface area contributed by atoms with Crippen LogP contribution in [0.25, 0.3) is 10.8 Å². The van der Waals surface area contributed by atoms with Crippen LogP contribution < -0.4 is 11.3 Å². The molecule has 0 spiro atoms. The predicted molar refractivity (Wildman–Crippen MR) is 77.4 cm³/mol. The van der Waals surface area contributed by atoms with E-state index in [4.69, 9.17) is 5.73 Å². The quantitative estimate of drug-likeness (QED) is 0.846. The van der Waals surface area contributed by atoms with Crippen molar-refractivity contribution in [2.75, 3.05) is 13.1 Å². The van der Waals surface area contributed by atoms with Crippen molar-refractivity contribution < 1.29 is 4.79 Å². The second-order valence-electron chi connectivity index (χ2n) is 5.06. The number of rotatable bonds is 2. The van der Waals surface area contributed by atoms with Crippen LogP contribution in [0.5, 0.6) is 0 Å². The topological polar surface area (TPSA) is 79.2 Å². The van der Waals surface area contributed by atoms with E-state index in [2.05, 4.69) is 4.98 Å². The molecule has 5 heteroatoms. The number of aromatic amines is 1. The standard InChI is InChI=1S/C15H17N3O2/c16-7-5-14(19)18-8-6-13-12(9-18)10-3-1-2-4-11(10)15(20)17-13/h1-4H,5-9,16H2,(H,17,20). The zero-order chi connectivity index (χ0) is 14.1. The Morgan fingerprint density at radius 3 is 2.80 bits per heavy atom. The number of carbonyl (C=O) groups excluding carboxylic acids is 1. The number of aromatic nitrogens is 1. The molecule has 1 aromatic heterocycles. The average molecular weight is 271 g/mol. The predicted octanol–water partition coefficient (Wildman–Crippen LogP) is 0.762. The van der Waals surface area contributed by atoms with E-state index in [9.17, 15) is 9.59 Å². The van der Waals surface area contributed by atoms with Gasteiger partial charge in [-0.15, -0.1) is 0 Å². The van der Waals surface area contributed by atoms with Crippen LogP contribution in [-0.2, 0) is 17.8 Å². The van der Waals surface area contributed by atoms with Crippen molar-refractivity contribution in [2.45, 2.75) is 19.4 Å². The van der Waals surface area contributed by atoms with E-state index >= 15 is 0 Å². The van der Waals surface area contributed by atoms with Gasteiger partial charge >= 0.3 is 0 Å². The van der Waals surface area contributed by atoms with Crippen LogP contribution in [-0.4, -0.2) is 28.9 Å². The highest BCUT2D eigenvalue weighted by Gasteiger charge is 2.22. The zero-order valence-electron chi connectivity index (χ0n) is 11.2. The Hall–Kier alpha value is -2.14. The molecule has 2 heterocycles. The van der Waals surface area contributed by atoms with Crippen LogP contribution in [0.3, 0.4) is 0 Å². The van der Waals surface area contributed by atoms with Gasteiger partial charge in [0, 0.05) is 43.6 Å². The first-order valence-electron chi connectivity index (χ1n) is 6.81. The van der Waals surface area contributed by atoms with Gasteiger partial charge in [0.1, 0.15) is 0 Å². The van der Waals surface area contributed by atoms with Gasteiger partial charge in [-0.3, -0.25) is 9.59 Å². The molecule has 20 heavy (non-hydrogen) atoms. The first-order chi connectivity index (χ1) is 9.70. The van der Waals surface area contributed by atoms with Crippen LogP contribution >= 0.6 is 0 Å². The summed E-state index contributed by atoms with van der Waals surface area (Å²) in [5.74, 6) is 0.0773. The van der Waals surface area contributed by atoms with Crippen molar-refractivity contribution in [3.8, 4) is 0 Å². The highest BCUT2D eigenvalue weighted by Crippen LogP contribution is 2.24. The van der Waals surface area contributed by atoms with Gasteiger partial charge in [-0.2, -0.15) is 0 Å². The van der Waals surface area contributed by atoms with E-state index in [-0.39, 0.29) is 11.5 Å². The van der Waals surface area contributed by atoms with Crippen molar-refractivity contribution in [1.82, 2.24) is 9.88 Å². The molecule has 1 aliphatic rings. The largest absolute Gasteiger partial charge is 0.338 e. The lowest BCUT2D eigenvalue weighted by molar-refractivity contribution is -0.131. The molecule has 0 bridgehead atoms. The van der Waals surface area contributed by atoms with Crippen LogP contribution in [0.4, 0.5) is 0 Å². The third-order valence-corrected chi connectivity index (χ3v) is 3.82. The lowest BCUT2D eigenvalue weighted by Gasteiger charge is -2.29. The van der Waals surface area contributed by atoms with E-state index in [1.54, 1.807) is 0 Å². The average Bonchev–Trinajstić information content (AvgIpc) is 2.47. The third kappa shape index (κ3) is 2.10. The minimum Gasteiger partial charge on any atom is -0.338 e. The first-order valence-corrected chi connectivity index (χ1v) is 6.81. The second-order valence-corrected chi connectivity index (χ2v) is 5.06. The summed E-state index contributed by atoms with van der Waals surface area (Å²) in [4.78, 5) is 28.8. The molecule has 0 saturated carbocycles. The number of H-pyrrole nitrogens is 1. The molecule has 5 nitrogen and oxygen atoms in total. The SMILES string of the molecule is NCCC(=O)N1CCc2[nH]c(=O)c3ccccc3c2C1. The number of hydrogen-bond acceptors (Lipinski definition) is 3. The number of benzene rings is 1. The van der Waals surface area contributed by atoms with Gasteiger partial charge in [-0.25, -0.2) is 0 Å². The Morgan fingerprint density at radius 2 is 2.05 bits per heavy atom. The monoisotopic (exact) mass is 271 g/mol. The van der Waals surface area contributed by atoms with Crippen molar-refractivity contribution >= 4 is 16.7 Å². The fourth-order valence-electron chi connectivity index (χ4n) is 2.79. The maximum absolute atomic E-state index is 12.0. The van der Waals surface area contributed by atoms with E-state index in [1.165, 1.54) is 0 Å². The Morgan fingerprint density at radius 1 is 1.30 bits per heavy atom. The highest BCUT2D eigenvalue weighted by atomic mass is 16.2. The molecule has 0 aliphatic carbocycles. The van der Waals surface area contributed by atoms with E-state index in [1.807, 2.05) is 29.2 Å². The Kier molecular flexibility index (Phi) is 3.28. The minimum absolute atomic E-state index is 0.0546. The molecule has 0 saturated heterocycles.